The minimum Gasteiger partial charge on any atom is -0.384 e. The normalized spacial score (nSPS) is 22.4. The zero-order valence-electron chi connectivity index (χ0n) is 26.1. The highest BCUT2D eigenvalue weighted by Crippen LogP contribution is 2.15. The maximum absolute atomic E-state index is 13.4. The second kappa shape index (κ2) is 15.5. The molecule has 246 valence electrons. The fourth-order valence-corrected chi connectivity index (χ4v) is 5.55. The lowest BCUT2D eigenvalue weighted by molar-refractivity contribution is -0.129. The summed E-state index contributed by atoms with van der Waals surface area (Å²) in [4.78, 5) is 56.2. The van der Waals surface area contributed by atoms with Crippen LogP contribution < -0.4 is 32.7 Å². The Morgan fingerprint density at radius 2 is 1.26 bits per heavy atom. The number of carbonyl (C=O) groups is 4. The number of benzene rings is 3. The van der Waals surface area contributed by atoms with Crippen molar-refractivity contribution in [3.8, 4) is 0 Å². The SMILES string of the molecule is N=C(N)c1ccc(CNC(=O)[C@@H]2Cc3ccc(cc3)NC(=O)CN3CCN(CC3)CC(=O)Nc3ccc(cc3)C[C@@H](N)C(=O)N2)cc1. The van der Waals surface area contributed by atoms with Crippen molar-refractivity contribution < 1.29 is 19.2 Å². The van der Waals surface area contributed by atoms with Crippen molar-refractivity contribution in [1.29, 1.82) is 5.41 Å². The van der Waals surface area contributed by atoms with Crippen LogP contribution in [0.5, 0.6) is 0 Å². The van der Waals surface area contributed by atoms with Crippen LogP contribution in [0, 0.1) is 5.41 Å². The molecule has 2 atom stereocenters. The first-order valence-corrected chi connectivity index (χ1v) is 15.6. The Labute approximate surface area is 273 Å². The molecule has 6 aliphatic heterocycles. The number of nitrogens with zero attached hydrogens (tertiary/aromatic N) is 2. The van der Waals surface area contributed by atoms with Gasteiger partial charge >= 0.3 is 0 Å². The number of rotatable bonds is 4. The second-order valence-electron chi connectivity index (χ2n) is 11.9. The number of anilines is 2. The summed E-state index contributed by atoms with van der Waals surface area (Å²) in [5.41, 5.74) is 16.1. The fraction of sp³-hybridized carbons (Fsp3) is 0.324. The van der Waals surface area contributed by atoms with E-state index >= 15 is 0 Å². The van der Waals surface area contributed by atoms with E-state index in [4.69, 9.17) is 16.9 Å². The van der Waals surface area contributed by atoms with Gasteiger partial charge in [0.15, 0.2) is 0 Å². The van der Waals surface area contributed by atoms with Crippen LogP contribution in [-0.2, 0) is 38.6 Å². The van der Waals surface area contributed by atoms with Crippen LogP contribution in [0.4, 0.5) is 11.4 Å². The highest BCUT2D eigenvalue weighted by Gasteiger charge is 2.25. The monoisotopic (exact) mass is 639 g/mol. The highest BCUT2D eigenvalue weighted by molar-refractivity contribution is 5.95. The average molecular weight is 640 g/mol. The van der Waals surface area contributed by atoms with Crippen molar-refractivity contribution in [3.63, 3.8) is 0 Å². The van der Waals surface area contributed by atoms with Gasteiger partial charge in [0.05, 0.1) is 19.1 Å². The molecule has 47 heavy (non-hydrogen) atoms. The van der Waals surface area contributed by atoms with E-state index in [2.05, 4.69) is 31.1 Å². The van der Waals surface area contributed by atoms with Gasteiger partial charge in [-0.25, -0.2) is 0 Å². The molecule has 1 saturated heterocycles. The molecular weight excluding hydrogens is 598 g/mol. The van der Waals surface area contributed by atoms with E-state index in [0.29, 0.717) is 43.1 Å². The van der Waals surface area contributed by atoms with Crippen LogP contribution in [0.2, 0.25) is 0 Å². The van der Waals surface area contributed by atoms with E-state index in [1.807, 2.05) is 24.3 Å². The first kappa shape index (κ1) is 33.3. The molecule has 6 bridgehead atoms. The van der Waals surface area contributed by atoms with Gasteiger partial charge in [0.2, 0.25) is 23.6 Å². The lowest BCUT2D eigenvalue weighted by Crippen LogP contribution is -2.52. The molecule has 0 radical (unpaired) electrons. The number of hydrogen-bond donors (Lipinski definition) is 7. The van der Waals surface area contributed by atoms with Crippen molar-refractivity contribution in [2.75, 3.05) is 49.9 Å². The molecular formula is C34H41N9O4. The molecule has 6 heterocycles. The molecule has 0 aliphatic carbocycles. The van der Waals surface area contributed by atoms with Gasteiger partial charge in [-0.1, -0.05) is 48.5 Å². The van der Waals surface area contributed by atoms with Gasteiger partial charge in [0.1, 0.15) is 11.9 Å². The number of amidine groups is 1. The maximum atomic E-state index is 13.4. The summed E-state index contributed by atoms with van der Waals surface area (Å²) in [7, 11) is 0. The predicted octanol–water partition coefficient (Wildman–Crippen LogP) is 0.393. The Morgan fingerprint density at radius 3 is 1.74 bits per heavy atom. The maximum Gasteiger partial charge on any atom is 0.243 e. The van der Waals surface area contributed by atoms with Gasteiger partial charge in [-0.2, -0.15) is 0 Å². The van der Waals surface area contributed by atoms with E-state index in [1.54, 1.807) is 48.5 Å². The van der Waals surface area contributed by atoms with Crippen molar-refractivity contribution in [2.24, 2.45) is 11.5 Å². The molecule has 0 unspecified atom stereocenters. The molecule has 0 spiro atoms. The van der Waals surface area contributed by atoms with Crippen LogP contribution in [0.15, 0.2) is 72.8 Å². The smallest absolute Gasteiger partial charge is 0.243 e. The van der Waals surface area contributed by atoms with Crippen LogP contribution >= 0.6 is 0 Å². The second-order valence-corrected chi connectivity index (χ2v) is 11.9. The Hall–Kier alpha value is -5.11. The van der Waals surface area contributed by atoms with Gasteiger partial charge in [0.25, 0.3) is 0 Å². The molecule has 6 aliphatic rings. The summed E-state index contributed by atoms with van der Waals surface area (Å²) in [5, 5.41) is 19.1. The zero-order chi connectivity index (χ0) is 33.3. The standard InChI is InChI=1S/C34H41N9O4/c35-28-17-22-3-9-26(10-4-22)39-30(44)20-42-13-15-43(16-14-42)21-31(45)40-27-11-5-23(6-12-27)18-29(41-33(28)46)34(47)38-19-24-1-7-25(8-2-24)32(36)37/h1-12,28-29H,13-21,35H2,(H3,36,37)(H,38,47)(H,39,44)(H,40,45)(H,41,46)/t28-,29+/m1/s1. The largest absolute Gasteiger partial charge is 0.384 e. The van der Waals surface area contributed by atoms with Crippen molar-refractivity contribution in [1.82, 2.24) is 20.4 Å². The van der Waals surface area contributed by atoms with E-state index in [1.165, 1.54) is 0 Å². The Morgan fingerprint density at radius 1 is 0.766 bits per heavy atom. The fourth-order valence-electron chi connectivity index (χ4n) is 5.55. The number of hydrogen-bond acceptors (Lipinski definition) is 8. The number of amides is 4. The van der Waals surface area contributed by atoms with E-state index in [0.717, 1.165) is 16.7 Å². The van der Waals surface area contributed by atoms with Crippen LogP contribution in [0.3, 0.4) is 0 Å². The third kappa shape index (κ3) is 9.69. The summed E-state index contributed by atoms with van der Waals surface area (Å²) >= 11 is 0. The lowest BCUT2D eigenvalue weighted by Gasteiger charge is -2.33. The van der Waals surface area contributed by atoms with E-state index in [-0.39, 0.29) is 56.0 Å². The average Bonchev–Trinajstić information content (AvgIpc) is 3.05. The molecule has 1 fully saturated rings. The Bertz CT molecular complexity index is 1590. The molecule has 0 aromatic heterocycles. The first-order chi connectivity index (χ1) is 22.6. The van der Waals surface area contributed by atoms with Crippen molar-refractivity contribution in [2.45, 2.75) is 31.5 Å². The summed E-state index contributed by atoms with van der Waals surface area (Å²) in [5.74, 6) is -1.19. The number of fused-ring (bicyclic) bond motifs is 1. The Balaban J connectivity index is 1.32. The van der Waals surface area contributed by atoms with Crippen LogP contribution in [0.25, 0.3) is 0 Å². The summed E-state index contributed by atoms with van der Waals surface area (Å²) in [6, 6.07) is 19.4. The Kier molecular flexibility index (Phi) is 10.9. The minimum absolute atomic E-state index is 0.0453. The van der Waals surface area contributed by atoms with E-state index in [9.17, 15) is 19.2 Å². The quantitative estimate of drug-likeness (QED) is 0.157. The van der Waals surface area contributed by atoms with Crippen LogP contribution in [0.1, 0.15) is 22.3 Å². The number of carbonyl (C=O) groups excluding carboxylic acids is 4. The molecule has 3 aromatic carbocycles. The topological polar surface area (TPSA) is 199 Å². The third-order valence-electron chi connectivity index (χ3n) is 8.27. The number of piperazine rings is 1. The van der Waals surface area contributed by atoms with Gasteiger partial charge < -0.3 is 32.7 Å². The molecule has 13 nitrogen and oxygen atoms in total. The number of nitrogen functional groups attached to an aromatic ring is 1. The van der Waals surface area contributed by atoms with E-state index < -0.39 is 18.0 Å². The molecule has 3 aromatic rings. The molecule has 13 heteroatoms. The van der Waals surface area contributed by atoms with Crippen molar-refractivity contribution in [3.05, 3.63) is 95.1 Å². The lowest BCUT2D eigenvalue weighted by atomic mass is 10.0. The number of nitrogens with two attached hydrogens (primary N) is 2. The van der Waals surface area contributed by atoms with Crippen LogP contribution in [-0.4, -0.2) is 90.6 Å². The highest BCUT2D eigenvalue weighted by atomic mass is 16.2. The van der Waals surface area contributed by atoms with Gasteiger partial charge in [-0.15, -0.1) is 0 Å². The molecule has 9 rings (SSSR count). The predicted molar refractivity (Wildman–Crippen MR) is 180 cm³/mol. The van der Waals surface area contributed by atoms with Gasteiger partial charge in [-0.05, 0) is 47.4 Å². The number of nitrogens with one attached hydrogen (secondary N) is 5. The summed E-state index contributed by atoms with van der Waals surface area (Å²) in [6.07, 6.45) is 0.427. The van der Waals surface area contributed by atoms with Crippen molar-refractivity contribution >= 4 is 40.8 Å². The summed E-state index contributed by atoms with van der Waals surface area (Å²) < 4.78 is 0. The van der Waals surface area contributed by atoms with Gasteiger partial charge in [-0.3, -0.25) is 34.4 Å². The first-order valence-electron chi connectivity index (χ1n) is 15.6. The third-order valence-corrected chi connectivity index (χ3v) is 8.27. The molecule has 4 amide bonds. The molecule has 0 saturated carbocycles. The minimum atomic E-state index is -0.924. The van der Waals surface area contributed by atoms with Gasteiger partial charge in [0, 0.05) is 56.1 Å². The zero-order valence-corrected chi connectivity index (χ0v) is 26.1. The summed E-state index contributed by atoms with van der Waals surface area (Å²) in [6.45, 7) is 3.39. The molecule has 9 N–H and O–H groups in total.